The van der Waals surface area contributed by atoms with Crippen molar-refractivity contribution < 1.29 is 17.6 Å². The highest BCUT2D eigenvalue weighted by atomic mass is 35.5. The van der Waals surface area contributed by atoms with Crippen LogP contribution < -0.4 is 5.32 Å². The van der Waals surface area contributed by atoms with Crippen molar-refractivity contribution in [2.75, 3.05) is 5.32 Å². The summed E-state index contributed by atoms with van der Waals surface area (Å²) < 4.78 is 44.9. The van der Waals surface area contributed by atoms with Crippen molar-refractivity contribution in [1.29, 1.82) is 0 Å². The Labute approximate surface area is 133 Å². The standard InChI is InChI=1S/C15H9ClF3N3O/c16-9-4-2-1-3-8(9)15-22-21-12(23-15)7-20-11-6-5-10(17)13(18)14(11)19/h1-6,20H,7H2. The minimum atomic E-state index is -1.54. The van der Waals surface area contributed by atoms with Crippen molar-refractivity contribution in [3.8, 4) is 11.5 Å². The van der Waals surface area contributed by atoms with E-state index in [9.17, 15) is 13.2 Å². The minimum Gasteiger partial charge on any atom is -0.419 e. The van der Waals surface area contributed by atoms with Gasteiger partial charge in [0.05, 0.1) is 22.8 Å². The molecule has 23 heavy (non-hydrogen) atoms. The van der Waals surface area contributed by atoms with E-state index in [4.69, 9.17) is 16.0 Å². The lowest BCUT2D eigenvalue weighted by Crippen LogP contribution is -2.04. The average Bonchev–Trinajstić information content (AvgIpc) is 3.01. The summed E-state index contributed by atoms with van der Waals surface area (Å²) in [6.07, 6.45) is 0. The van der Waals surface area contributed by atoms with Crippen molar-refractivity contribution in [2.24, 2.45) is 0 Å². The average molecular weight is 340 g/mol. The Kier molecular flexibility index (Phi) is 4.20. The van der Waals surface area contributed by atoms with Crippen molar-refractivity contribution >= 4 is 17.3 Å². The van der Waals surface area contributed by atoms with Crippen LogP contribution >= 0.6 is 11.6 Å². The second kappa shape index (κ2) is 6.29. The highest BCUT2D eigenvalue weighted by Gasteiger charge is 2.15. The Morgan fingerprint density at radius 2 is 1.78 bits per heavy atom. The molecule has 118 valence electrons. The zero-order valence-electron chi connectivity index (χ0n) is 11.5. The van der Waals surface area contributed by atoms with Gasteiger partial charge in [0, 0.05) is 0 Å². The molecule has 4 nitrogen and oxygen atoms in total. The molecular formula is C15H9ClF3N3O. The van der Waals surface area contributed by atoms with Gasteiger partial charge < -0.3 is 9.73 Å². The highest BCUT2D eigenvalue weighted by molar-refractivity contribution is 6.33. The van der Waals surface area contributed by atoms with Crippen molar-refractivity contribution in [1.82, 2.24) is 10.2 Å². The van der Waals surface area contributed by atoms with Gasteiger partial charge in [-0.05, 0) is 24.3 Å². The van der Waals surface area contributed by atoms with E-state index in [0.29, 0.717) is 10.6 Å². The molecule has 1 N–H and O–H groups in total. The summed E-state index contributed by atoms with van der Waals surface area (Å²) in [7, 11) is 0. The number of aromatic nitrogens is 2. The topological polar surface area (TPSA) is 51.0 Å². The van der Waals surface area contributed by atoms with Crippen LogP contribution in [-0.4, -0.2) is 10.2 Å². The number of nitrogens with zero attached hydrogens (tertiary/aromatic N) is 2. The van der Waals surface area contributed by atoms with Crippen LogP contribution in [0.25, 0.3) is 11.5 Å². The Balaban J connectivity index is 1.76. The van der Waals surface area contributed by atoms with Crippen molar-refractivity contribution in [3.63, 3.8) is 0 Å². The summed E-state index contributed by atoms with van der Waals surface area (Å²) in [4.78, 5) is 0. The zero-order chi connectivity index (χ0) is 16.4. The van der Waals surface area contributed by atoms with Crippen LogP contribution in [0.3, 0.4) is 0 Å². The van der Waals surface area contributed by atoms with E-state index in [1.807, 2.05) is 0 Å². The number of halogens is 4. The molecule has 0 amide bonds. The van der Waals surface area contributed by atoms with Gasteiger partial charge in [0.1, 0.15) is 0 Å². The summed E-state index contributed by atoms with van der Waals surface area (Å²) in [5.41, 5.74) is 0.355. The second-order valence-electron chi connectivity index (χ2n) is 4.56. The second-order valence-corrected chi connectivity index (χ2v) is 4.96. The number of anilines is 1. The predicted molar refractivity (Wildman–Crippen MR) is 78.4 cm³/mol. The third kappa shape index (κ3) is 3.14. The number of hydrogen-bond donors (Lipinski definition) is 1. The van der Waals surface area contributed by atoms with E-state index in [2.05, 4.69) is 15.5 Å². The molecule has 8 heteroatoms. The van der Waals surface area contributed by atoms with Gasteiger partial charge in [-0.3, -0.25) is 0 Å². The van der Waals surface area contributed by atoms with Crippen molar-refractivity contribution in [3.05, 3.63) is 64.8 Å². The maximum absolute atomic E-state index is 13.5. The van der Waals surface area contributed by atoms with E-state index in [1.54, 1.807) is 24.3 Å². The number of nitrogens with one attached hydrogen (secondary N) is 1. The van der Waals surface area contributed by atoms with Crippen LogP contribution in [0.1, 0.15) is 5.89 Å². The number of rotatable bonds is 4. The number of hydrogen-bond acceptors (Lipinski definition) is 4. The van der Waals surface area contributed by atoms with E-state index in [1.165, 1.54) is 0 Å². The Morgan fingerprint density at radius 1 is 1.00 bits per heavy atom. The zero-order valence-corrected chi connectivity index (χ0v) is 12.2. The first kappa shape index (κ1) is 15.4. The van der Waals surface area contributed by atoms with Gasteiger partial charge >= 0.3 is 0 Å². The Hall–Kier alpha value is -2.54. The summed E-state index contributed by atoms with van der Waals surface area (Å²) >= 11 is 6.02. The molecule has 0 saturated carbocycles. The van der Waals surface area contributed by atoms with Gasteiger partial charge in [-0.25, -0.2) is 13.2 Å². The first-order valence-electron chi connectivity index (χ1n) is 6.51. The summed E-state index contributed by atoms with van der Waals surface area (Å²) in [6.45, 7) is -0.0561. The molecule has 0 radical (unpaired) electrons. The van der Waals surface area contributed by atoms with Crippen LogP contribution in [0.2, 0.25) is 5.02 Å². The summed E-state index contributed by atoms with van der Waals surface area (Å²) in [5, 5.41) is 10.6. The van der Waals surface area contributed by atoms with Gasteiger partial charge in [-0.2, -0.15) is 0 Å². The normalized spacial score (nSPS) is 10.8. The smallest absolute Gasteiger partial charge is 0.249 e. The van der Waals surface area contributed by atoms with Crippen LogP contribution in [0, 0.1) is 17.5 Å². The lowest BCUT2D eigenvalue weighted by molar-refractivity contribution is 0.448. The fourth-order valence-corrected chi connectivity index (χ4v) is 2.12. The first-order valence-corrected chi connectivity index (χ1v) is 6.88. The molecule has 0 spiro atoms. The maximum Gasteiger partial charge on any atom is 0.249 e. The SMILES string of the molecule is Fc1ccc(NCc2nnc(-c3ccccc3Cl)o2)c(F)c1F. The largest absolute Gasteiger partial charge is 0.419 e. The van der Waals surface area contributed by atoms with Gasteiger partial charge in [-0.1, -0.05) is 23.7 Å². The molecule has 0 unspecified atom stereocenters. The van der Waals surface area contributed by atoms with E-state index in [-0.39, 0.29) is 24.0 Å². The molecule has 0 aliphatic heterocycles. The summed E-state index contributed by atoms with van der Waals surface area (Å²) in [5.74, 6) is -3.76. The lowest BCUT2D eigenvalue weighted by atomic mass is 10.2. The molecule has 2 aromatic carbocycles. The minimum absolute atomic E-state index is 0.0561. The van der Waals surface area contributed by atoms with E-state index < -0.39 is 17.5 Å². The van der Waals surface area contributed by atoms with E-state index >= 15 is 0 Å². The Bertz CT molecular complexity index is 854. The van der Waals surface area contributed by atoms with E-state index in [0.717, 1.165) is 12.1 Å². The third-order valence-corrected chi connectivity index (χ3v) is 3.37. The van der Waals surface area contributed by atoms with Crippen LogP contribution in [0.5, 0.6) is 0 Å². The predicted octanol–water partition coefficient (Wildman–Crippen LogP) is 4.42. The maximum atomic E-state index is 13.5. The fraction of sp³-hybridized carbons (Fsp3) is 0.0667. The third-order valence-electron chi connectivity index (χ3n) is 3.04. The first-order chi connectivity index (χ1) is 11.1. The molecule has 3 rings (SSSR count). The lowest BCUT2D eigenvalue weighted by Gasteiger charge is -2.05. The van der Waals surface area contributed by atoms with Crippen molar-refractivity contribution in [2.45, 2.75) is 6.54 Å². The molecule has 0 aliphatic carbocycles. The van der Waals surface area contributed by atoms with Crippen LogP contribution in [0.4, 0.5) is 18.9 Å². The number of benzene rings is 2. The molecule has 0 bridgehead atoms. The molecular weight excluding hydrogens is 331 g/mol. The van der Waals surface area contributed by atoms with Gasteiger partial charge in [0.2, 0.25) is 11.8 Å². The molecule has 3 aromatic rings. The highest BCUT2D eigenvalue weighted by Crippen LogP contribution is 2.26. The molecule has 0 aliphatic rings. The fourth-order valence-electron chi connectivity index (χ4n) is 1.90. The van der Waals surface area contributed by atoms with Gasteiger partial charge in [0.25, 0.3) is 0 Å². The van der Waals surface area contributed by atoms with Gasteiger partial charge in [0.15, 0.2) is 17.5 Å². The van der Waals surface area contributed by atoms with Crippen LogP contribution in [0.15, 0.2) is 40.8 Å². The molecule has 1 heterocycles. The Morgan fingerprint density at radius 3 is 2.57 bits per heavy atom. The molecule has 0 saturated heterocycles. The molecule has 0 atom stereocenters. The van der Waals surface area contributed by atoms with Gasteiger partial charge in [-0.15, -0.1) is 10.2 Å². The van der Waals surface area contributed by atoms with Crippen LogP contribution in [-0.2, 0) is 6.54 Å². The summed E-state index contributed by atoms with van der Waals surface area (Å²) in [6, 6.07) is 8.82. The quantitative estimate of drug-likeness (QED) is 0.715. The monoisotopic (exact) mass is 339 g/mol. The molecule has 0 fully saturated rings. The molecule has 1 aromatic heterocycles.